The van der Waals surface area contributed by atoms with E-state index in [1.165, 1.54) is 24.3 Å². The van der Waals surface area contributed by atoms with E-state index in [2.05, 4.69) is 15.4 Å². The number of rotatable bonds is 7. The summed E-state index contributed by atoms with van der Waals surface area (Å²) in [5, 5.41) is 5.32. The van der Waals surface area contributed by atoms with E-state index in [1.54, 1.807) is 32.9 Å². The van der Waals surface area contributed by atoms with Crippen molar-refractivity contribution in [3.63, 3.8) is 0 Å². The molecule has 0 saturated heterocycles. The van der Waals surface area contributed by atoms with E-state index in [0.29, 0.717) is 21.7 Å². The van der Waals surface area contributed by atoms with Gasteiger partial charge in [0.05, 0.1) is 4.90 Å². The molecule has 3 amide bonds. The quantitative estimate of drug-likeness (QED) is 0.466. The Bertz CT molecular complexity index is 1300. The number of halogens is 3. The van der Waals surface area contributed by atoms with Gasteiger partial charge in [0, 0.05) is 42.0 Å². The highest BCUT2D eigenvalue weighted by molar-refractivity contribution is 7.89. The molecule has 37 heavy (non-hydrogen) atoms. The number of hydrogen-bond acceptors (Lipinski definition) is 5. The summed E-state index contributed by atoms with van der Waals surface area (Å²) in [4.78, 5) is 36.3. The third-order valence-corrected chi connectivity index (χ3v) is 6.99. The molecule has 1 aliphatic rings. The van der Waals surface area contributed by atoms with Crippen LogP contribution in [0.2, 0.25) is 0 Å². The van der Waals surface area contributed by atoms with Crippen molar-refractivity contribution in [3.05, 3.63) is 53.6 Å². The van der Waals surface area contributed by atoms with Gasteiger partial charge in [-0.3, -0.25) is 14.4 Å². The summed E-state index contributed by atoms with van der Waals surface area (Å²) >= 11 is 0. The maximum Gasteiger partial charge on any atom is 0.471 e. The van der Waals surface area contributed by atoms with Gasteiger partial charge in [-0.2, -0.15) is 13.2 Å². The van der Waals surface area contributed by atoms with Gasteiger partial charge in [0.2, 0.25) is 15.9 Å². The van der Waals surface area contributed by atoms with Gasteiger partial charge in [0.25, 0.3) is 5.91 Å². The van der Waals surface area contributed by atoms with E-state index >= 15 is 0 Å². The smallest absolute Gasteiger partial charge is 0.351 e. The number of carbonyl (C=O) groups excluding carboxylic acids is 3. The monoisotopic (exact) mass is 540 g/mol. The zero-order valence-electron chi connectivity index (χ0n) is 20.4. The minimum atomic E-state index is -5.03. The van der Waals surface area contributed by atoms with Crippen LogP contribution in [-0.2, 0) is 26.0 Å². The van der Waals surface area contributed by atoms with Crippen molar-refractivity contribution >= 4 is 39.1 Å². The Morgan fingerprint density at radius 3 is 2.22 bits per heavy atom. The number of hydrogen-bond donors (Lipinski definition) is 3. The van der Waals surface area contributed by atoms with Gasteiger partial charge < -0.3 is 15.5 Å². The molecule has 9 nitrogen and oxygen atoms in total. The minimum absolute atomic E-state index is 0.0255. The first-order valence-corrected chi connectivity index (χ1v) is 12.8. The van der Waals surface area contributed by atoms with Gasteiger partial charge in [-0.05, 0) is 54.4 Å². The maximum absolute atomic E-state index is 12.8. The molecule has 13 heteroatoms. The second-order valence-electron chi connectivity index (χ2n) is 9.43. The SMILES string of the molecule is CC(C)(C)C(=O)Nc1ccc(C(=O)NCCNS(=O)(=O)c2ccc3c(c2)CCN3C(=O)C(F)(F)F)cc1. The molecule has 3 N–H and O–H groups in total. The predicted molar refractivity (Wildman–Crippen MR) is 131 cm³/mol. The highest BCUT2D eigenvalue weighted by Gasteiger charge is 2.44. The van der Waals surface area contributed by atoms with E-state index in [9.17, 15) is 36.0 Å². The number of alkyl halides is 3. The molecular formula is C24H27F3N4O5S. The molecule has 0 aromatic heterocycles. The predicted octanol–water partition coefficient (Wildman–Crippen LogP) is 2.83. The van der Waals surface area contributed by atoms with Gasteiger partial charge in [0.1, 0.15) is 0 Å². The maximum atomic E-state index is 12.8. The van der Waals surface area contributed by atoms with Crippen LogP contribution in [0.1, 0.15) is 36.7 Å². The summed E-state index contributed by atoms with van der Waals surface area (Å²) in [6, 6.07) is 9.75. The average Bonchev–Trinajstić information content (AvgIpc) is 3.23. The summed E-state index contributed by atoms with van der Waals surface area (Å²) < 4.78 is 65.8. The molecule has 3 rings (SSSR count). The van der Waals surface area contributed by atoms with Crippen LogP contribution < -0.4 is 20.3 Å². The Hall–Kier alpha value is -3.45. The molecule has 200 valence electrons. The highest BCUT2D eigenvalue weighted by Crippen LogP contribution is 2.33. The molecule has 2 aromatic rings. The van der Waals surface area contributed by atoms with Crippen LogP contribution in [0.4, 0.5) is 24.5 Å². The van der Waals surface area contributed by atoms with Crippen LogP contribution in [0.15, 0.2) is 47.4 Å². The molecular weight excluding hydrogens is 513 g/mol. The Morgan fingerprint density at radius 2 is 1.62 bits per heavy atom. The van der Waals surface area contributed by atoms with Gasteiger partial charge in [-0.15, -0.1) is 0 Å². The summed E-state index contributed by atoms with van der Waals surface area (Å²) in [6.07, 6.45) is -4.93. The van der Waals surface area contributed by atoms with Crippen molar-refractivity contribution in [1.82, 2.24) is 10.0 Å². The molecule has 0 bridgehead atoms. The number of anilines is 2. The topological polar surface area (TPSA) is 125 Å². The first kappa shape index (κ1) is 28.1. The van der Waals surface area contributed by atoms with Gasteiger partial charge in [0.15, 0.2) is 0 Å². The van der Waals surface area contributed by atoms with E-state index in [4.69, 9.17) is 0 Å². The normalized spacial score (nSPS) is 13.7. The first-order chi connectivity index (χ1) is 17.1. The molecule has 1 heterocycles. The van der Waals surface area contributed by atoms with Crippen LogP contribution in [0, 0.1) is 5.41 Å². The molecule has 0 aliphatic carbocycles. The fraction of sp³-hybridized carbons (Fsp3) is 0.375. The van der Waals surface area contributed by atoms with Gasteiger partial charge in [-0.25, -0.2) is 13.1 Å². The lowest BCUT2D eigenvalue weighted by Gasteiger charge is -2.19. The highest BCUT2D eigenvalue weighted by atomic mass is 32.2. The van der Waals surface area contributed by atoms with Crippen molar-refractivity contribution in [3.8, 4) is 0 Å². The van der Waals surface area contributed by atoms with Crippen LogP contribution in [0.5, 0.6) is 0 Å². The Kier molecular flexibility index (Phi) is 7.98. The lowest BCUT2D eigenvalue weighted by Crippen LogP contribution is -2.40. The first-order valence-electron chi connectivity index (χ1n) is 11.3. The van der Waals surface area contributed by atoms with E-state index in [-0.39, 0.29) is 42.5 Å². The largest absolute Gasteiger partial charge is 0.471 e. The second-order valence-corrected chi connectivity index (χ2v) is 11.2. The standard InChI is InChI=1S/C24H27F3N4O5S/c1-23(2,3)21(33)30-17-6-4-15(5-7-17)20(32)28-11-12-29-37(35,36)18-8-9-19-16(14-18)10-13-31(19)22(34)24(25,26)27/h4-9,14,29H,10-13H2,1-3H3,(H,28,32)(H,30,33). The van der Waals surface area contributed by atoms with Crippen LogP contribution >= 0.6 is 0 Å². The van der Waals surface area contributed by atoms with Crippen molar-refractivity contribution < 1.29 is 36.0 Å². The lowest BCUT2D eigenvalue weighted by atomic mass is 9.95. The molecule has 0 saturated carbocycles. The molecule has 2 aromatic carbocycles. The molecule has 0 radical (unpaired) electrons. The Morgan fingerprint density at radius 1 is 0.973 bits per heavy atom. The molecule has 0 unspecified atom stereocenters. The summed E-state index contributed by atoms with van der Waals surface area (Å²) in [6.45, 7) is 4.97. The minimum Gasteiger partial charge on any atom is -0.351 e. The Balaban J connectivity index is 1.53. The van der Waals surface area contributed by atoms with Crippen LogP contribution in [0.3, 0.4) is 0 Å². The number of benzene rings is 2. The fourth-order valence-corrected chi connectivity index (χ4v) is 4.56. The van der Waals surface area contributed by atoms with E-state index in [1.807, 2.05) is 0 Å². The number of carbonyl (C=O) groups is 3. The van der Waals surface area contributed by atoms with Crippen molar-refractivity contribution in [2.24, 2.45) is 5.41 Å². The average molecular weight is 541 g/mol. The third kappa shape index (κ3) is 6.86. The number of sulfonamides is 1. The lowest BCUT2D eigenvalue weighted by molar-refractivity contribution is -0.170. The summed E-state index contributed by atoms with van der Waals surface area (Å²) in [5.41, 5.74) is 0.612. The zero-order chi connectivity index (χ0) is 27.6. The Labute approximate surface area is 212 Å². The van der Waals surface area contributed by atoms with Gasteiger partial charge >= 0.3 is 12.1 Å². The molecule has 0 fully saturated rings. The van der Waals surface area contributed by atoms with E-state index < -0.39 is 33.4 Å². The van der Waals surface area contributed by atoms with Crippen molar-refractivity contribution in [2.75, 3.05) is 29.9 Å². The van der Waals surface area contributed by atoms with Crippen LogP contribution in [0.25, 0.3) is 0 Å². The molecule has 1 aliphatic heterocycles. The number of fused-ring (bicyclic) bond motifs is 1. The fourth-order valence-electron chi connectivity index (χ4n) is 3.48. The number of amides is 3. The molecule has 0 spiro atoms. The van der Waals surface area contributed by atoms with Crippen LogP contribution in [-0.4, -0.2) is 51.9 Å². The summed E-state index contributed by atoms with van der Waals surface area (Å²) in [7, 11) is -4.01. The van der Waals surface area contributed by atoms with Crippen molar-refractivity contribution in [2.45, 2.75) is 38.3 Å². The third-order valence-electron chi connectivity index (χ3n) is 5.53. The zero-order valence-corrected chi connectivity index (χ0v) is 21.2. The number of nitrogens with one attached hydrogen (secondary N) is 3. The second kappa shape index (κ2) is 10.5. The van der Waals surface area contributed by atoms with Gasteiger partial charge in [-0.1, -0.05) is 20.8 Å². The number of nitrogens with zero attached hydrogens (tertiary/aromatic N) is 1. The van der Waals surface area contributed by atoms with E-state index in [0.717, 1.165) is 6.07 Å². The summed E-state index contributed by atoms with van der Waals surface area (Å²) in [5.74, 6) is -2.62. The molecule has 0 atom stereocenters. The van der Waals surface area contributed by atoms with Crippen molar-refractivity contribution in [1.29, 1.82) is 0 Å².